The highest BCUT2D eigenvalue weighted by atomic mass is 32.2. The molecule has 1 aliphatic carbocycles. The molecule has 0 aliphatic heterocycles. The first-order valence-electron chi connectivity index (χ1n) is 14.8. The molecule has 1 amide bonds. The quantitative estimate of drug-likeness (QED) is 0.131. The molecule has 1 heterocycles. The van der Waals surface area contributed by atoms with E-state index < -0.39 is 0 Å². The molecular weight excluding hydrogens is 550 g/mol. The summed E-state index contributed by atoms with van der Waals surface area (Å²) in [4.78, 5) is 35.3. The van der Waals surface area contributed by atoms with Gasteiger partial charge in [-0.15, -0.1) is 0 Å². The van der Waals surface area contributed by atoms with Gasteiger partial charge in [0.15, 0.2) is 5.16 Å². The van der Waals surface area contributed by atoms with Crippen LogP contribution in [0.5, 0.6) is 0 Å². The van der Waals surface area contributed by atoms with Crippen LogP contribution in [0.3, 0.4) is 0 Å². The van der Waals surface area contributed by atoms with Crippen LogP contribution >= 0.6 is 11.8 Å². The predicted molar refractivity (Wildman–Crippen MR) is 176 cm³/mol. The van der Waals surface area contributed by atoms with E-state index in [2.05, 4.69) is 44.2 Å². The van der Waals surface area contributed by atoms with Gasteiger partial charge in [-0.3, -0.25) is 19.1 Å². The monoisotopic (exact) mass is 585 g/mol. The Labute approximate surface area is 257 Å². The van der Waals surface area contributed by atoms with E-state index in [1.807, 2.05) is 84.9 Å². The van der Waals surface area contributed by atoms with Crippen LogP contribution in [0, 0.1) is 0 Å². The first-order valence-corrected chi connectivity index (χ1v) is 15.8. The minimum Gasteiger partial charge on any atom is -0.287 e. The van der Waals surface area contributed by atoms with Gasteiger partial charge in [0.1, 0.15) is 0 Å². The maximum absolute atomic E-state index is 14.5. The van der Waals surface area contributed by atoms with Gasteiger partial charge in [0.05, 0.1) is 17.0 Å². The Hall–Kier alpha value is -4.42. The third-order valence-corrected chi connectivity index (χ3v) is 9.40. The molecule has 1 aromatic heterocycles. The van der Waals surface area contributed by atoms with Crippen molar-refractivity contribution < 1.29 is 4.79 Å². The Morgan fingerprint density at radius 2 is 1.44 bits per heavy atom. The number of aryl methyl sites for hydroxylation is 1. The molecule has 0 unspecified atom stereocenters. The number of hydrogen-bond acceptors (Lipinski definition) is 4. The minimum absolute atomic E-state index is 0.00212. The summed E-state index contributed by atoms with van der Waals surface area (Å²) in [5.41, 5.74) is 6.19. The lowest BCUT2D eigenvalue weighted by Crippen LogP contribution is -2.40. The summed E-state index contributed by atoms with van der Waals surface area (Å²) in [5.74, 6) is 0.0512. The molecule has 0 radical (unpaired) electrons. The van der Waals surface area contributed by atoms with Crippen molar-refractivity contribution in [2.45, 2.75) is 50.2 Å². The summed E-state index contributed by atoms with van der Waals surface area (Å²) in [5, 5.41) is 0.573. The van der Waals surface area contributed by atoms with E-state index in [0.717, 1.165) is 46.6 Å². The second-order valence-electron chi connectivity index (χ2n) is 11.2. The molecule has 0 saturated carbocycles. The number of nitrogens with zero attached hydrogens (tertiary/aromatic N) is 3. The highest BCUT2D eigenvalue weighted by Crippen LogP contribution is 2.43. The number of aromatic nitrogens is 2. The Kier molecular flexibility index (Phi) is 8.30. The zero-order valence-electron chi connectivity index (χ0n) is 24.6. The van der Waals surface area contributed by atoms with E-state index in [9.17, 15) is 9.59 Å². The van der Waals surface area contributed by atoms with E-state index in [0.29, 0.717) is 18.1 Å². The molecule has 6 heteroatoms. The zero-order chi connectivity index (χ0) is 29.8. The fourth-order valence-corrected chi connectivity index (χ4v) is 6.83. The SMILES string of the molecule is CC[C@]1(C)Cc2ccccc2-c2nc(SCC(=O)N(c3ccccc3)c3ccccc3)n(CCc3ccccc3)c(=O)c21. The zero-order valence-corrected chi connectivity index (χ0v) is 25.4. The average Bonchev–Trinajstić information content (AvgIpc) is 3.05. The molecule has 4 aromatic carbocycles. The molecule has 0 fully saturated rings. The lowest BCUT2D eigenvalue weighted by atomic mass is 9.69. The van der Waals surface area contributed by atoms with Gasteiger partial charge in [0.25, 0.3) is 5.56 Å². The summed E-state index contributed by atoms with van der Waals surface area (Å²) in [6.07, 6.45) is 2.33. The number of benzene rings is 4. The van der Waals surface area contributed by atoms with Crippen LogP contribution in [0.15, 0.2) is 125 Å². The van der Waals surface area contributed by atoms with Crippen LogP contribution in [-0.2, 0) is 29.6 Å². The fraction of sp³-hybridized carbons (Fsp3) is 0.216. The maximum Gasteiger partial charge on any atom is 0.258 e. The molecule has 43 heavy (non-hydrogen) atoms. The largest absolute Gasteiger partial charge is 0.287 e. The number of carbonyl (C=O) groups is 1. The van der Waals surface area contributed by atoms with Crippen molar-refractivity contribution in [3.8, 4) is 11.3 Å². The molecule has 0 spiro atoms. The minimum atomic E-state index is -0.321. The maximum atomic E-state index is 14.5. The Balaban J connectivity index is 1.41. The third kappa shape index (κ3) is 5.80. The number of thioether (sulfide) groups is 1. The number of amides is 1. The summed E-state index contributed by atoms with van der Waals surface area (Å²) in [7, 11) is 0. The van der Waals surface area contributed by atoms with Gasteiger partial charge in [0, 0.05) is 28.9 Å². The van der Waals surface area contributed by atoms with Crippen LogP contribution in [0.1, 0.15) is 37.0 Å². The highest BCUT2D eigenvalue weighted by molar-refractivity contribution is 7.99. The second-order valence-corrected chi connectivity index (χ2v) is 12.2. The van der Waals surface area contributed by atoms with Gasteiger partial charge in [-0.25, -0.2) is 4.98 Å². The molecule has 0 bridgehead atoms. The van der Waals surface area contributed by atoms with Crippen LogP contribution in [0.4, 0.5) is 11.4 Å². The fourth-order valence-electron chi connectivity index (χ4n) is 5.96. The van der Waals surface area contributed by atoms with Gasteiger partial charge in [-0.1, -0.05) is 117 Å². The van der Waals surface area contributed by atoms with Gasteiger partial charge in [-0.05, 0) is 54.7 Å². The number of fused-ring (bicyclic) bond motifs is 3. The molecule has 5 aromatic rings. The Morgan fingerprint density at radius 1 is 0.860 bits per heavy atom. The van der Waals surface area contributed by atoms with E-state index in [4.69, 9.17) is 4.98 Å². The van der Waals surface area contributed by atoms with Crippen molar-refractivity contribution in [3.63, 3.8) is 0 Å². The topological polar surface area (TPSA) is 55.2 Å². The summed E-state index contributed by atoms with van der Waals surface area (Å²) in [6, 6.07) is 37.8. The van der Waals surface area contributed by atoms with Gasteiger partial charge in [0.2, 0.25) is 5.91 Å². The normalized spacial score (nSPS) is 15.4. The van der Waals surface area contributed by atoms with Crippen molar-refractivity contribution >= 4 is 29.0 Å². The number of anilines is 2. The first-order chi connectivity index (χ1) is 21.0. The van der Waals surface area contributed by atoms with E-state index in [-0.39, 0.29) is 22.6 Å². The number of hydrogen-bond donors (Lipinski definition) is 0. The van der Waals surface area contributed by atoms with Crippen molar-refractivity contribution in [3.05, 3.63) is 142 Å². The molecule has 0 saturated heterocycles. The molecule has 1 aliphatic rings. The van der Waals surface area contributed by atoms with Crippen LogP contribution in [0.2, 0.25) is 0 Å². The molecule has 216 valence electrons. The lowest BCUT2D eigenvalue weighted by molar-refractivity contribution is -0.115. The number of para-hydroxylation sites is 2. The van der Waals surface area contributed by atoms with Crippen LogP contribution in [0.25, 0.3) is 11.3 Å². The van der Waals surface area contributed by atoms with Gasteiger partial charge < -0.3 is 0 Å². The van der Waals surface area contributed by atoms with Crippen molar-refractivity contribution in [2.75, 3.05) is 10.7 Å². The molecule has 1 atom stereocenters. The van der Waals surface area contributed by atoms with Crippen molar-refractivity contribution in [1.82, 2.24) is 9.55 Å². The van der Waals surface area contributed by atoms with Crippen LogP contribution < -0.4 is 10.5 Å². The Bertz CT molecular complexity index is 1750. The standard InChI is InChI=1S/C37H35N3O2S/c1-3-37(2)25-28-17-13-14-22-31(28)34-33(37)35(42)39(24-23-27-15-7-4-8-16-27)36(38-34)43-26-32(41)40(29-18-9-5-10-19-29)30-20-11-6-12-21-30/h4-22H,3,23-26H2,1-2H3/t37-/m1/s1. The molecule has 0 N–H and O–H groups in total. The lowest BCUT2D eigenvalue weighted by Gasteiger charge is -2.36. The van der Waals surface area contributed by atoms with E-state index >= 15 is 0 Å². The summed E-state index contributed by atoms with van der Waals surface area (Å²) < 4.78 is 1.81. The van der Waals surface area contributed by atoms with Crippen molar-refractivity contribution in [1.29, 1.82) is 0 Å². The third-order valence-electron chi connectivity index (χ3n) is 8.44. The molecular formula is C37H35N3O2S. The van der Waals surface area contributed by atoms with Gasteiger partial charge in [-0.2, -0.15) is 0 Å². The highest BCUT2D eigenvalue weighted by Gasteiger charge is 2.38. The molecule has 6 rings (SSSR count). The van der Waals surface area contributed by atoms with Crippen LogP contribution in [-0.4, -0.2) is 21.2 Å². The average molecular weight is 586 g/mol. The first kappa shape index (κ1) is 28.7. The van der Waals surface area contributed by atoms with Gasteiger partial charge >= 0.3 is 0 Å². The smallest absolute Gasteiger partial charge is 0.258 e. The Morgan fingerprint density at radius 3 is 2.07 bits per heavy atom. The predicted octanol–water partition coefficient (Wildman–Crippen LogP) is 7.83. The van der Waals surface area contributed by atoms with Crippen molar-refractivity contribution in [2.24, 2.45) is 0 Å². The number of carbonyl (C=O) groups excluding carboxylic acids is 1. The summed E-state index contributed by atoms with van der Waals surface area (Å²) >= 11 is 1.34. The second kappa shape index (κ2) is 12.4. The number of rotatable bonds is 9. The molecule has 5 nitrogen and oxygen atoms in total. The van der Waals surface area contributed by atoms with E-state index in [1.165, 1.54) is 17.3 Å². The summed E-state index contributed by atoms with van der Waals surface area (Å²) in [6.45, 7) is 4.82. The van der Waals surface area contributed by atoms with E-state index in [1.54, 1.807) is 9.47 Å².